The summed E-state index contributed by atoms with van der Waals surface area (Å²) in [6.07, 6.45) is 2.13. The van der Waals surface area contributed by atoms with E-state index in [1.807, 2.05) is 6.92 Å². The van der Waals surface area contributed by atoms with Crippen molar-refractivity contribution in [3.05, 3.63) is 27.9 Å². The van der Waals surface area contributed by atoms with Crippen molar-refractivity contribution in [2.75, 3.05) is 11.9 Å². The van der Waals surface area contributed by atoms with Crippen molar-refractivity contribution in [1.29, 1.82) is 0 Å². The lowest BCUT2D eigenvalue weighted by Crippen LogP contribution is -2.28. The fourth-order valence-electron chi connectivity index (χ4n) is 1.22. The summed E-state index contributed by atoms with van der Waals surface area (Å²) < 4.78 is 0. The smallest absolute Gasteiger partial charge is 0.290 e. The number of pyridine rings is 1. The van der Waals surface area contributed by atoms with E-state index in [-0.39, 0.29) is 11.7 Å². The molecule has 0 aliphatic heterocycles. The topological polar surface area (TPSA) is 94.1 Å². The highest BCUT2D eigenvalue weighted by Gasteiger charge is 2.11. The lowest BCUT2D eigenvalue weighted by molar-refractivity contribution is -0.385. The summed E-state index contributed by atoms with van der Waals surface area (Å²) in [5.41, 5.74) is 6.36. The van der Waals surface area contributed by atoms with E-state index < -0.39 is 4.92 Å². The van der Waals surface area contributed by atoms with E-state index in [1.54, 1.807) is 13.0 Å². The van der Waals surface area contributed by atoms with Gasteiger partial charge in [-0.2, -0.15) is 0 Å². The summed E-state index contributed by atoms with van der Waals surface area (Å²) in [6, 6.07) is 1.72. The van der Waals surface area contributed by atoms with Crippen LogP contribution in [0.25, 0.3) is 0 Å². The van der Waals surface area contributed by atoms with E-state index >= 15 is 0 Å². The number of anilines is 1. The van der Waals surface area contributed by atoms with Crippen molar-refractivity contribution >= 4 is 11.5 Å². The molecular formula is C10H16N4O2. The SMILES string of the molecule is CCC(N)CNc1cc(C)c([N+](=O)[O-])cn1. The van der Waals surface area contributed by atoms with E-state index in [1.165, 1.54) is 6.20 Å². The predicted molar refractivity (Wildman–Crippen MR) is 62.4 cm³/mol. The number of nitrogens with one attached hydrogen (secondary N) is 1. The van der Waals surface area contributed by atoms with Gasteiger partial charge in [0.1, 0.15) is 12.0 Å². The van der Waals surface area contributed by atoms with E-state index in [4.69, 9.17) is 5.73 Å². The number of aryl methyl sites for hydroxylation is 1. The molecular weight excluding hydrogens is 208 g/mol. The van der Waals surface area contributed by atoms with E-state index in [9.17, 15) is 10.1 Å². The first-order valence-corrected chi connectivity index (χ1v) is 5.15. The van der Waals surface area contributed by atoms with Crippen LogP contribution in [0.15, 0.2) is 12.3 Å². The van der Waals surface area contributed by atoms with E-state index in [2.05, 4.69) is 10.3 Å². The van der Waals surface area contributed by atoms with Gasteiger partial charge in [-0.25, -0.2) is 4.98 Å². The first-order valence-electron chi connectivity index (χ1n) is 5.15. The zero-order valence-electron chi connectivity index (χ0n) is 9.43. The van der Waals surface area contributed by atoms with Crippen molar-refractivity contribution in [3.8, 4) is 0 Å². The third-order valence-electron chi connectivity index (χ3n) is 2.35. The molecule has 0 bridgehead atoms. The van der Waals surface area contributed by atoms with Crippen molar-refractivity contribution in [1.82, 2.24) is 4.98 Å². The Hall–Kier alpha value is -1.69. The number of hydrogen-bond acceptors (Lipinski definition) is 5. The van der Waals surface area contributed by atoms with Crippen molar-refractivity contribution in [2.45, 2.75) is 26.3 Å². The van der Waals surface area contributed by atoms with Gasteiger partial charge < -0.3 is 11.1 Å². The molecule has 1 aromatic rings. The highest BCUT2D eigenvalue weighted by Crippen LogP contribution is 2.18. The van der Waals surface area contributed by atoms with Crippen LogP contribution in [0.5, 0.6) is 0 Å². The van der Waals surface area contributed by atoms with Crippen LogP contribution >= 0.6 is 0 Å². The summed E-state index contributed by atoms with van der Waals surface area (Å²) >= 11 is 0. The van der Waals surface area contributed by atoms with Gasteiger partial charge in [0.2, 0.25) is 0 Å². The minimum Gasteiger partial charge on any atom is -0.369 e. The first-order chi connectivity index (χ1) is 7.54. The van der Waals surface area contributed by atoms with Gasteiger partial charge in [0.05, 0.1) is 4.92 Å². The van der Waals surface area contributed by atoms with Crippen LogP contribution in [0.3, 0.4) is 0 Å². The van der Waals surface area contributed by atoms with Gasteiger partial charge >= 0.3 is 0 Å². The molecule has 0 aliphatic rings. The summed E-state index contributed by atoms with van der Waals surface area (Å²) in [7, 11) is 0. The third-order valence-corrected chi connectivity index (χ3v) is 2.35. The average Bonchev–Trinajstić information content (AvgIpc) is 2.25. The minimum absolute atomic E-state index is 0.0327. The maximum atomic E-state index is 10.6. The molecule has 0 radical (unpaired) electrons. The normalized spacial score (nSPS) is 12.2. The molecule has 1 unspecified atom stereocenters. The Morgan fingerprint density at radius 1 is 1.69 bits per heavy atom. The molecule has 1 heterocycles. The van der Waals surface area contributed by atoms with Gasteiger partial charge in [0.15, 0.2) is 0 Å². The maximum absolute atomic E-state index is 10.6. The zero-order chi connectivity index (χ0) is 12.1. The molecule has 16 heavy (non-hydrogen) atoms. The second-order valence-corrected chi connectivity index (χ2v) is 3.66. The minimum atomic E-state index is -0.441. The summed E-state index contributed by atoms with van der Waals surface area (Å²) in [4.78, 5) is 14.1. The second kappa shape index (κ2) is 5.41. The van der Waals surface area contributed by atoms with Crippen LogP contribution in [0.2, 0.25) is 0 Å². The molecule has 6 nitrogen and oxygen atoms in total. The zero-order valence-corrected chi connectivity index (χ0v) is 9.43. The summed E-state index contributed by atoms with van der Waals surface area (Å²) in [5, 5.41) is 13.6. The van der Waals surface area contributed by atoms with E-state index in [0.29, 0.717) is 17.9 Å². The monoisotopic (exact) mass is 224 g/mol. The highest BCUT2D eigenvalue weighted by molar-refractivity contribution is 5.46. The molecule has 1 aromatic heterocycles. The van der Waals surface area contributed by atoms with Gasteiger partial charge in [-0.3, -0.25) is 10.1 Å². The third kappa shape index (κ3) is 3.16. The number of aromatic nitrogens is 1. The summed E-state index contributed by atoms with van der Waals surface area (Å²) in [5.74, 6) is 0.618. The molecule has 0 fully saturated rings. The molecule has 1 rings (SSSR count). The van der Waals surface area contributed by atoms with Crippen molar-refractivity contribution in [2.24, 2.45) is 5.73 Å². The van der Waals surface area contributed by atoms with E-state index in [0.717, 1.165) is 6.42 Å². The molecule has 3 N–H and O–H groups in total. The molecule has 0 aliphatic carbocycles. The Morgan fingerprint density at radius 2 is 2.38 bits per heavy atom. The molecule has 1 atom stereocenters. The van der Waals surface area contributed by atoms with Gasteiger partial charge in [0.25, 0.3) is 5.69 Å². The van der Waals surface area contributed by atoms with Crippen LogP contribution in [-0.2, 0) is 0 Å². The maximum Gasteiger partial charge on any atom is 0.290 e. The average molecular weight is 224 g/mol. The number of nitrogens with zero attached hydrogens (tertiary/aromatic N) is 2. The summed E-state index contributed by atoms with van der Waals surface area (Å²) in [6.45, 7) is 4.30. The molecule has 0 spiro atoms. The van der Waals surface area contributed by atoms with Gasteiger partial charge in [-0.1, -0.05) is 6.92 Å². The Labute approximate surface area is 94.0 Å². The quantitative estimate of drug-likeness (QED) is 0.583. The highest BCUT2D eigenvalue weighted by atomic mass is 16.6. The Morgan fingerprint density at radius 3 is 2.88 bits per heavy atom. The molecule has 6 heteroatoms. The molecule has 0 saturated carbocycles. The largest absolute Gasteiger partial charge is 0.369 e. The lowest BCUT2D eigenvalue weighted by Gasteiger charge is -2.10. The van der Waals surface area contributed by atoms with Crippen LogP contribution in [0, 0.1) is 17.0 Å². The van der Waals surface area contributed by atoms with Crippen LogP contribution in [-0.4, -0.2) is 22.5 Å². The number of nitro groups is 1. The Balaban J connectivity index is 2.70. The van der Waals surface area contributed by atoms with Crippen molar-refractivity contribution in [3.63, 3.8) is 0 Å². The Bertz CT molecular complexity index is 381. The van der Waals surface area contributed by atoms with Gasteiger partial charge in [-0.05, 0) is 19.4 Å². The first kappa shape index (κ1) is 12.4. The number of rotatable bonds is 5. The van der Waals surface area contributed by atoms with Gasteiger partial charge in [-0.15, -0.1) is 0 Å². The van der Waals surface area contributed by atoms with Crippen LogP contribution < -0.4 is 11.1 Å². The fraction of sp³-hybridized carbons (Fsp3) is 0.500. The lowest BCUT2D eigenvalue weighted by atomic mass is 10.2. The van der Waals surface area contributed by atoms with Crippen LogP contribution in [0.1, 0.15) is 18.9 Å². The molecule has 88 valence electrons. The standard InChI is InChI=1S/C10H16N4O2/c1-3-8(11)5-12-10-4-7(2)9(6-13-10)14(15)16/h4,6,8H,3,5,11H2,1-2H3,(H,12,13). The Kier molecular flexibility index (Phi) is 4.19. The molecule has 0 aromatic carbocycles. The van der Waals surface area contributed by atoms with Crippen molar-refractivity contribution < 1.29 is 4.92 Å². The fourth-order valence-corrected chi connectivity index (χ4v) is 1.22. The molecule has 0 saturated heterocycles. The number of nitrogens with two attached hydrogens (primary N) is 1. The molecule has 0 amide bonds. The van der Waals surface area contributed by atoms with Gasteiger partial charge in [0, 0.05) is 18.2 Å². The number of hydrogen-bond donors (Lipinski definition) is 2. The van der Waals surface area contributed by atoms with Crippen LogP contribution in [0.4, 0.5) is 11.5 Å². The second-order valence-electron chi connectivity index (χ2n) is 3.66. The predicted octanol–water partition coefficient (Wildman–Crippen LogP) is 1.45.